The standard InChI is InChI=1S/C8H11ClN2OS/c1-11(8(10)12)5-4-6-2-3-7(9)13-6/h2-3H,4-5H2,1H3,(H2,10,12). The lowest BCUT2D eigenvalue weighted by Crippen LogP contribution is -2.33. The Bertz CT molecular complexity index is 300. The molecule has 3 nitrogen and oxygen atoms in total. The van der Waals surface area contributed by atoms with E-state index in [2.05, 4.69) is 0 Å². The number of hydrogen-bond acceptors (Lipinski definition) is 2. The fraction of sp³-hybridized carbons (Fsp3) is 0.375. The van der Waals surface area contributed by atoms with Gasteiger partial charge in [-0.25, -0.2) is 4.79 Å². The average Bonchev–Trinajstić information content (AvgIpc) is 2.47. The van der Waals surface area contributed by atoms with Crippen LogP contribution >= 0.6 is 22.9 Å². The first kappa shape index (κ1) is 10.3. The Hall–Kier alpha value is -0.740. The Labute approximate surface area is 86.1 Å². The summed E-state index contributed by atoms with van der Waals surface area (Å²) in [5.41, 5.74) is 5.07. The van der Waals surface area contributed by atoms with E-state index in [4.69, 9.17) is 17.3 Å². The van der Waals surface area contributed by atoms with Gasteiger partial charge in [-0.15, -0.1) is 11.3 Å². The summed E-state index contributed by atoms with van der Waals surface area (Å²) in [6.45, 7) is 0.631. The predicted octanol–water partition coefficient (Wildman–Crippen LogP) is 1.95. The van der Waals surface area contributed by atoms with Crippen LogP contribution < -0.4 is 5.73 Å². The van der Waals surface area contributed by atoms with E-state index in [0.29, 0.717) is 6.54 Å². The number of halogens is 1. The number of likely N-dealkylation sites (N-methyl/N-ethyl adjacent to an activating group) is 1. The van der Waals surface area contributed by atoms with E-state index in [1.807, 2.05) is 12.1 Å². The highest BCUT2D eigenvalue weighted by Crippen LogP contribution is 2.21. The van der Waals surface area contributed by atoms with Gasteiger partial charge in [-0.05, 0) is 18.6 Å². The Morgan fingerprint density at radius 2 is 2.38 bits per heavy atom. The van der Waals surface area contributed by atoms with Crippen LogP contribution in [-0.2, 0) is 6.42 Å². The van der Waals surface area contributed by atoms with Crippen molar-refractivity contribution >= 4 is 29.0 Å². The molecule has 1 aromatic heterocycles. The molecule has 0 saturated heterocycles. The number of hydrogen-bond donors (Lipinski definition) is 1. The molecule has 0 aliphatic rings. The van der Waals surface area contributed by atoms with E-state index in [-0.39, 0.29) is 0 Å². The van der Waals surface area contributed by atoms with Gasteiger partial charge in [0.15, 0.2) is 0 Å². The van der Waals surface area contributed by atoms with Crippen molar-refractivity contribution in [1.29, 1.82) is 0 Å². The van der Waals surface area contributed by atoms with E-state index >= 15 is 0 Å². The number of urea groups is 1. The van der Waals surface area contributed by atoms with Crippen molar-refractivity contribution in [3.05, 3.63) is 21.3 Å². The summed E-state index contributed by atoms with van der Waals surface area (Å²) in [7, 11) is 1.68. The van der Waals surface area contributed by atoms with E-state index in [0.717, 1.165) is 15.6 Å². The molecule has 13 heavy (non-hydrogen) atoms. The molecule has 0 saturated carbocycles. The van der Waals surface area contributed by atoms with Crippen LogP contribution in [0.1, 0.15) is 4.88 Å². The topological polar surface area (TPSA) is 46.3 Å². The zero-order chi connectivity index (χ0) is 9.84. The third kappa shape index (κ3) is 3.24. The average molecular weight is 219 g/mol. The van der Waals surface area contributed by atoms with Crippen molar-refractivity contribution in [3.8, 4) is 0 Å². The molecule has 1 aromatic rings. The molecule has 0 radical (unpaired) electrons. The summed E-state index contributed by atoms with van der Waals surface area (Å²) >= 11 is 7.28. The maximum absolute atomic E-state index is 10.7. The predicted molar refractivity (Wildman–Crippen MR) is 55.2 cm³/mol. The van der Waals surface area contributed by atoms with Crippen LogP contribution in [0.2, 0.25) is 4.34 Å². The minimum absolute atomic E-state index is 0.400. The lowest BCUT2D eigenvalue weighted by molar-refractivity contribution is 0.219. The third-order valence-corrected chi connectivity index (χ3v) is 2.99. The van der Waals surface area contributed by atoms with Crippen molar-refractivity contribution in [1.82, 2.24) is 4.90 Å². The molecule has 1 heterocycles. The number of primary amides is 1. The highest BCUT2D eigenvalue weighted by atomic mass is 35.5. The summed E-state index contributed by atoms with van der Waals surface area (Å²) in [4.78, 5) is 13.3. The molecular formula is C8H11ClN2OS. The van der Waals surface area contributed by atoms with Gasteiger partial charge in [0, 0.05) is 18.5 Å². The van der Waals surface area contributed by atoms with Crippen LogP contribution in [0.3, 0.4) is 0 Å². The fourth-order valence-electron chi connectivity index (χ4n) is 0.874. The molecule has 0 atom stereocenters. The van der Waals surface area contributed by atoms with Crippen molar-refractivity contribution in [3.63, 3.8) is 0 Å². The molecule has 0 aliphatic carbocycles. The monoisotopic (exact) mass is 218 g/mol. The van der Waals surface area contributed by atoms with Crippen molar-refractivity contribution in [2.45, 2.75) is 6.42 Å². The van der Waals surface area contributed by atoms with Crippen LogP contribution in [0, 0.1) is 0 Å². The molecule has 5 heteroatoms. The smallest absolute Gasteiger partial charge is 0.314 e. The van der Waals surface area contributed by atoms with E-state index in [9.17, 15) is 4.79 Å². The molecular weight excluding hydrogens is 208 g/mol. The van der Waals surface area contributed by atoms with Gasteiger partial charge in [0.1, 0.15) is 0 Å². The van der Waals surface area contributed by atoms with Crippen LogP contribution in [0.5, 0.6) is 0 Å². The fourth-order valence-corrected chi connectivity index (χ4v) is 1.95. The van der Waals surface area contributed by atoms with Gasteiger partial charge >= 0.3 is 6.03 Å². The maximum Gasteiger partial charge on any atom is 0.314 e. The molecule has 0 unspecified atom stereocenters. The Kier molecular flexibility index (Phi) is 3.57. The summed E-state index contributed by atoms with van der Waals surface area (Å²) in [5.74, 6) is 0. The molecule has 0 spiro atoms. The quantitative estimate of drug-likeness (QED) is 0.829. The van der Waals surface area contributed by atoms with Gasteiger partial charge in [-0.3, -0.25) is 0 Å². The van der Waals surface area contributed by atoms with Gasteiger partial charge in [0.2, 0.25) is 0 Å². The normalized spacial score (nSPS) is 10.0. The molecule has 72 valence electrons. The van der Waals surface area contributed by atoms with Crippen molar-refractivity contribution in [2.75, 3.05) is 13.6 Å². The van der Waals surface area contributed by atoms with Crippen molar-refractivity contribution < 1.29 is 4.79 Å². The minimum Gasteiger partial charge on any atom is -0.351 e. The second-order valence-corrected chi connectivity index (χ2v) is 4.52. The zero-order valence-electron chi connectivity index (χ0n) is 7.29. The number of carbonyl (C=O) groups excluding carboxylic acids is 1. The molecule has 0 fully saturated rings. The first-order chi connectivity index (χ1) is 6.09. The second-order valence-electron chi connectivity index (χ2n) is 2.72. The molecule has 0 aliphatic heterocycles. The Morgan fingerprint density at radius 3 is 2.85 bits per heavy atom. The number of amides is 2. The summed E-state index contributed by atoms with van der Waals surface area (Å²) in [6, 6.07) is 3.41. The Morgan fingerprint density at radius 1 is 1.69 bits per heavy atom. The number of rotatable bonds is 3. The van der Waals surface area contributed by atoms with Gasteiger partial charge in [0.25, 0.3) is 0 Å². The first-order valence-corrected chi connectivity index (χ1v) is 5.04. The molecule has 0 bridgehead atoms. The van der Waals surface area contributed by atoms with Crippen LogP contribution in [-0.4, -0.2) is 24.5 Å². The number of carbonyl (C=O) groups is 1. The lowest BCUT2D eigenvalue weighted by Gasteiger charge is -2.12. The SMILES string of the molecule is CN(CCc1ccc(Cl)s1)C(N)=O. The summed E-state index contributed by atoms with van der Waals surface area (Å²) in [6.07, 6.45) is 0.802. The maximum atomic E-state index is 10.7. The van der Waals surface area contributed by atoms with Crippen molar-refractivity contribution in [2.24, 2.45) is 5.73 Å². The number of nitrogens with zero attached hydrogens (tertiary/aromatic N) is 1. The third-order valence-electron chi connectivity index (χ3n) is 1.70. The van der Waals surface area contributed by atoms with Gasteiger partial charge < -0.3 is 10.6 Å². The molecule has 0 aromatic carbocycles. The molecule has 2 N–H and O–H groups in total. The summed E-state index contributed by atoms with van der Waals surface area (Å²) in [5, 5.41) is 0. The number of nitrogens with two attached hydrogens (primary N) is 1. The Balaban J connectivity index is 2.39. The highest BCUT2D eigenvalue weighted by Gasteiger charge is 2.04. The van der Waals surface area contributed by atoms with Gasteiger partial charge in [0.05, 0.1) is 4.34 Å². The molecule has 1 rings (SSSR count). The number of thiophene rings is 1. The minimum atomic E-state index is -0.400. The van der Waals surface area contributed by atoms with Crippen LogP contribution in [0.4, 0.5) is 4.79 Å². The zero-order valence-corrected chi connectivity index (χ0v) is 8.86. The summed E-state index contributed by atoms with van der Waals surface area (Å²) < 4.78 is 0.775. The van der Waals surface area contributed by atoms with E-state index < -0.39 is 6.03 Å². The van der Waals surface area contributed by atoms with E-state index in [1.54, 1.807) is 7.05 Å². The van der Waals surface area contributed by atoms with E-state index in [1.165, 1.54) is 16.2 Å². The van der Waals surface area contributed by atoms with Crippen LogP contribution in [0.25, 0.3) is 0 Å². The molecule has 2 amide bonds. The second kappa shape index (κ2) is 4.48. The largest absolute Gasteiger partial charge is 0.351 e. The van der Waals surface area contributed by atoms with Gasteiger partial charge in [-0.1, -0.05) is 11.6 Å². The lowest BCUT2D eigenvalue weighted by atomic mass is 10.3. The first-order valence-electron chi connectivity index (χ1n) is 3.84. The van der Waals surface area contributed by atoms with Gasteiger partial charge in [-0.2, -0.15) is 0 Å². The van der Waals surface area contributed by atoms with Crippen LogP contribution in [0.15, 0.2) is 12.1 Å². The highest BCUT2D eigenvalue weighted by molar-refractivity contribution is 7.16.